The molecule has 1 aromatic rings. The van der Waals surface area contributed by atoms with Crippen LogP contribution in [-0.2, 0) is 0 Å². The zero-order chi connectivity index (χ0) is 15.5. The highest BCUT2D eigenvalue weighted by molar-refractivity contribution is 6.32. The molecule has 2 aliphatic rings. The number of hydrogen-bond acceptors (Lipinski definition) is 4. The molecule has 0 aliphatic carbocycles. The van der Waals surface area contributed by atoms with Crippen molar-refractivity contribution in [2.75, 3.05) is 26.2 Å². The Labute approximate surface area is 137 Å². The van der Waals surface area contributed by atoms with E-state index in [0.717, 1.165) is 38.2 Å². The molecule has 120 valence electrons. The molecule has 2 heterocycles. The van der Waals surface area contributed by atoms with Crippen molar-refractivity contribution in [2.45, 2.75) is 32.7 Å². The van der Waals surface area contributed by atoms with Gasteiger partial charge in [0.05, 0.1) is 17.7 Å². The SMILES string of the molecule is CCCOc1ccc(C2NN=C3CCN(CC)CC32)cc1Cl. The monoisotopic (exact) mass is 321 g/mol. The summed E-state index contributed by atoms with van der Waals surface area (Å²) in [5, 5.41) is 5.24. The van der Waals surface area contributed by atoms with E-state index in [2.05, 4.69) is 35.3 Å². The minimum Gasteiger partial charge on any atom is -0.492 e. The van der Waals surface area contributed by atoms with E-state index < -0.39 is 0 Å². The maximum absolute atomic E-state index is 6.37. The topological polar surface area (TPSA) is 36.9 Å². The highest BCUT2D eigenvalue weighted by Gasteiger charge is 2.36. The van der Waals surface area contributed by atoms with Crippen molar-refractivity contribution in [2.24, 2.45) is 11.0 Å². The summed E-state index contributed by atoms with van der Waals surface area (Å²) in [7, 11) is 0. The van der Waals surface area contributed by atoms with Crippen LogP contribution in [0.3, 0.4) is 0 Å². The number of nitrogens with zero attached hydrogens (tertiary/aromatic N) is 2. The van der Waals surface area contributed by atoms with Crippen LogP contribution in [-0.4, -0.2) is 36.9 Å². The van der Waals surface area contributed by atoms with Gasteiger partial charge >= 0.3 is 0 Å². The van der Waals surface area contributed by atoms with Gasteiger partial charge in [0.25, 0.3) is 0 Å². The van der Waals surface area contributed by atoms with E-state index in [4.69, 9.17) is 16.3 Å². The normalized spacial score (nSPS) is 24.6. The smallest absolute Gasteiger partial charge is 0.137 e. The molecule has 1 aromatic carbocycles. The van der Waals surface area contributed by atoms with Crippen molar-refractivity contribution in [1.29, 1.82) is 0 Å². The summed E-state index contributed by atoms with van der Waals surface area (Å²) < 4.78 is 5.66. The van der Waals surface area contributed by atoms with Crippen molar-refractivity contribution >= 4 is 17.3 Å². The van der Waals surface area contributed by atoms with Crippen LogP contribution in [0.1, 0.15) is 38.3 Å². The quantitative estimate of drug-likeness (QED) is 0.902. The Balaban J connectivity index is 1.75. The van der Waals surface area contributed by atoms with E-state index in [1.807, 2.05) is 12.1 Å². The molecule has 0 spiro atoms. The van der Waals surface area contributed by atoms with Crippen molar-refractivity contribution in [3.05, 3.63) is 28.8 Å². The second kappa shape index (κ2) is 6.88. The summed E-state index contributed by atoms with van der Waals surface area (Å²) in [5.41, 5.74) is 5.80. The second-order valence-electron chi connectivity index (χ2n) is 6.00. The molecular weight excluding hydrogens is 298 g/mol. The van der Waals surface area contributed by atoms with E-state index in [1.165, 1.54) is 11.3 Å². The van der Waals surface area contributed by atoms with Gasteiger partial charge in [0.15, 0.2) is 0 Å². The number of rotatable bonds is 5. The Morgan fingerprint density at radius 3 is 3.00 bits per heavy atom. The van der Waals surface area contributed by atoms with Gasteiger partial charge in [0.2, 0.25) is 0 Å². The predicted molar refractivity (Wildman–Crippen MR) is 90.8 cm³/mol. The molecule has 0 bridgehead atoms. The van der Waals surface area contributed by atoms with Crippen molar-refractivity contribution in [3.63, 3.8) is 0 Å². The van der Waals surface area contributed by atoms with Gasteiger partial charge in [0.1, 0.15) is 5.75 Å². The molecule has 4 nitrogen and oxygen atoms in total. The van der Waals surface area contributed by atoms with E-state index >= 15 is 0 Å². The average molecular weight is 322 g/mol. The molecule has 0 saturated carbocycles. The van der Waals surface area contributed by atoms with Gasteiger partial charge in [0, 0.05) is 31.1 Å². The molecule has 2 aliphatic heterocycles. The lowest BCUT2D eigenvalue weighted by Gasteiger charge is -2.32. The lowest BCUT2D eigenvalue weighted by molar-refractivity contribution is 0.238. The third kappa shape index (κ3) is 3.08. The predicted octanol–water partition coefficient (Wildman–Crippen LogP) is 3.47. The van der Waals surface area contributed by atoms with E-state index in [-0.39, 0.29) is 6.04 Å². The molecule has 5 heteroatoms. The fourth-order valence-corrected chi connectivity index (χ4v) is 3.49. The first-order valence-electron chi connectivity index (χ1n) is 8.19. The maximum atomic E-state index is 6.37. The molecule has 2 unspecified atom stereocenters. The summed E-state index contributed by atoms with van der Waals surface area (Å²) in [6.45, 7) is 8.29. The number of nitrogens with one attached hydrogen (secondary N) is 1. The van der Waals surface area contributed by atoms with E-state index in [0.29, 0.717) is 17.5 Å². The average Bonchev–Trinajstić information content (AvgIpc) is 2.96. The fourth-order valence-electron chi connectivity index (χ4n) is 3.25. The van der Waals surface area contributed by atoms with E-state index in [9.17, 15) is 0 Å². The second-order valence-corrected chi connectivity index (χ2v) is 6.41. The van der Waals surface area contributed by atoms with Gasteiger partial charge in [-0.25, -0.2) is 0 Å². The van der Waals surface area contributed by atoms with Gasteiger partial charge in [-0.05, 0) is 30.7 Å². The van der Waals surface area contributed by atoms with Crippen LogP contribution in [0.25, 0.3) is 0 Å². The molecule has 0 radical (unpaired) electrons. The number of hydrazone groups is 1. The van der Waals surface area contributed by atoms with Gasteiger partial charge in [-0.3, -0.25) is 0 Å². The lowest BCUT2D eigenvalue weighted by Crippen LogP contribution is -2.41. The standard InChI is InChI=1S/C17H24ClN3O/c1-3-9-22-16-6-5-12(10-14(16)18)17-13-11-21(4-2)8-7-15(13)19-20-17/h5-6,10,13,17,20H,3-4,7-9,11H2,1-2H3. The maximum Gasteiger partial charge on any atom is 0.137 e. The molecule has 1 saturated heterocycles. The minimum atomic E-state index is 0.224. The van der Waals surface area contributed by atoms with Crippen LogP contribution in [0.2, 0.25) is 5.02 Å². The Hall–Kier alpha value is -1.26. The van der Waals surface area contributed by atoms with Gasteiger partial charge in [-0.2, -0.15) is 5.10 Å². The van der Waals surface area contributed by atoms with Gasteiger partial charge < -0.3 is 15.1 Å². The number of hydrogen-bond donors (Lipinski definition) is 1. The van der Waals surface area contributed by atoms with Crippen LogP contribution in [0, 0.1) is 5.92 Å². The Kier molecular flexibility index (Phi) is 4.89. The molecular formula is C17H24ClN3O. The number of ether oxygens (including phenoxy) is 1. The molecule has 0 amide bonds. The number of halogens is 1. The first-order chi connectivity index (χ1) is 10.7. The molecule has 22 heavy (non-hydrogen) atoms. The first-order valence-corrected chi connectivity index (χ1v) is 8.57. The van der Waals surface area contributed by atoms with Crippen molar-refractivity contribution < 1.29 is 4.74 Å². The number of likely N-dealkylation sites (tertiary alicyclic amines) is 1. The third-order valence-electron chi connectivity index (χ3n) is 4.54. The molecule has 2 atom stereocenters. The Bertz CT molecular complexity index is 561. The van der Waals surface area contributed by atoms with Crippen LogP contribution < -0.4 is 10.2 Å². The highest BCUT2D eigenvalue weighted by Crippen LogP contribution is 2.35. The fraction of sp³-hybridized carbons (Fsp3) is 0.588. The Morgan fingerprint density at radius 1 is 1.41 bits per heavy atom. The van der Waals surface area contributed by atoms with Gasteiger partial charge in [-0.1, -0.05) is 31.5 Å². The number of benzene rings is 1. The summed E-state index contributed by atoms with van der Waals surface area (Å²) in [6, 6.07) is 6.33. The number of fused-ring (bicyclic) bond motifs is 1. The zero-order valence-corrected chi connectivity index (χ0v) is 14.1. The molecule has 1 N–H and O–H groups in total. The third-order valence-corrected chi connectivity index (χ3v) is 4.84. The summed E-state index contributed by atoms with van der Waals surface area (Å²) in [4.78, 5) is 2.49. The lowest BCUT2D eigenvalue weighted by atomic mass is 9.86. The molecule has 0 aromatic heterocycles. The number of piperidine rings is 1. The van der Waals surface area contributed by atoms with Gasteiger partial charge in [-0.15, -0.1) is 0 Å². The molecule has 1 fully saturated rings. The summed E-state index contributed by atoms with van der Waals surface area (Å²) in [6.07, 6.45) is 2.04. The van der Waals surface area contributed by atoms with Crippen LogP contribution in [0.4, 0.5) is 0 Å². The van der Waals surface area contributed by atoms with Crippen LogP contribution in [0.15, 0.2) is 23.3 Å². The minimum absolute atomic E-state index is 0.224. The highest BCUT2D eigenvalue weighted by atomic mass is 35.5. The summed E-state index contributed by atoms with van der Waals surface area (Å²) in [5.74, 6) is 1.22. The Morgan fingerprint density at radius 2 is 2.27 bits per heavy atom. The largest absolute Gasteiger partial charge is 0.492 e. The summed E-state index contributed by atoms with van der Waals surface area (Å²) >= 11 is 6.37. The van der Waals surface area contributed by atoms with Crippen molar-refractivity contribution in [1.82, 2.24) is 10.3 Å². The van der Waals surface area contributed by atoms with E-state index in [1.54, 1.807) is 0 Å². The first kappa shape index (κ1) is 15.6. The molecule has 3 rings (SSSR count). The van der Waals surface area contributed by atoms with Crippen LogP contribution in [0.5, 0.6) is 5.75 Å². The zero-order valence-electron chi connectivity index (χ0n) is 13.3. The van der Waals surface area contributed by atoms with Crippen molar-refractivity contribution in [3.8, 4) is 5.75 Å². The van der Waals surface area contributed by atoms with Crippen LogP contribution >= 0.6 is 11.6 Å².